The van der Waals surface area contributed by atoms with Crippen molar-refractivity contribution < 1.29 is 0 Å². The van der Waals surface area contributed by atoms with E-state index in [1.165, 1.54) is 12.8 Å². The van der Waals surface area contributed by atoms with E-state index in [1.54, 1.807) is 6.20 Å². The molecule has 2 heterocycles. The van der Waals surface area contributed by atoms with Gasteiger partial charge in [0.25, 0.3) is 0 Å². The fourth-order valence-corrected chi connectivity index (χ4v) is 2.79. The molecule has 3 rings (SSSR count). The van der Waals surface area contributed by atoms with Gasteiger partial charge in [-0.15, -0.1) is 0 Å². The van der Waals surface area contributed by atoms with Crippen LogP contribution < -0.4 is 10.6 Å². The fraction of sp³-hybridized carbons (Fsp3) is 0.538. The van der Waals surface area contributed by atoms with Crippen molar-refractivity contribution in [2.75, 3.05) is 31.1 Å². The Hall–Kier alpha value is -1.20. The Balaban J connectivity index is 1.73. The molecule has 18 heavy (non-hydrogen) atoms. The highest BCUT2D eigenvalue weighted by atomic mass is 32.1. The summed E-state index contributed by atoms with van der Waals surface area (Å²) in [6.07, 6.45) is 6.38. The molecule has 1 saturated carbocycles. The molecule has 0 radical (unpaired) electrons. The van der Waals surface area contributed by atoms with Gasteiger partial charge in [0, 0.05) is 44.0 Å². The third-order valence-electron chi connectivity index (χ3n) is 3.78. The molecule has 0 amide bonds. The molecule has 4 nitrogen and oxygen atoms in total. The van der Waals surface area contributed by atoms with Gasteiger partial charge in [0.15, 0.2) is 0 Å². The first-order valence-electron chi connectivity index (χ1n) is 6.48. The monoisotopic (exact) mass is 262 g/mol. The van der Waals surface area contributed by atoms with Crippen LogP contribution in [0.3, 0.4) is 0 Å². The highest BCUT2D eigenvalue weighted by Gasteiger charge is 2.31. The molecule has 1 saturated heterocycles. The Morgan fingerprint density at radius 3 is 2.61 bits per heavy atom. The second-order valence-corrected chi connectivity index (χ2v) is 5.45. The Morgan fingerprint density at radius 1 is 1.28 bits per heavy atom. The second-order valence-electron chi connectivity index (χ2n) is 5.01. The van der Waals surface area contributed by atoms with Crippen molar-refractivity contribution in [3.05, 3.63) is 24.0 Å². The molecule has 2 fully saturated rings. The topological polar surface area (TPSA) is 45.4 Å². The van der Waals surface area contributed by atoms with Crippen molar-refractivity contribution in [1.29, 1.82) is 0 Å². The van der Waals surface area contributed by atoms with Crippen LogP contribution in [0.5, 0.6) is 0 Å². The molecule has 2 N–H and O–H groups in total. The van der Waals surface area contributed by atoms with Crippen molar-refractivity contribution in [1.82, 2.24) is 9.88 Å². The van der Waals surface area contributed by atoms with E-state index in [1.807, 2.05) is 12.3 Å². The van der Waals surface area contributed by atoms with E-state index in [-0.39, 0.29) is 0 Å². The Labute approximate surface area is 113 Å². The zero-order valence-electron chi connectivity index (χ0n) is 10.4. The van der Waals surface area contributed by atoms with Crippen molar-refractivity contribution in [3.63, 3.8) is 0 Å². The summed E-state index contributed by atoms with van der Waals surface area (Å²) in [6, 6.07) is 2.77. The van der Waals surface area contributed by atoms with Gasteiger partial charge in [0.1, 0.15) is 4.99 Å². The van der Waals surface area contributed by atoms with Crippen LogP contribution in [0.1, 0.15) is 18.4 Å². The minimum absolute atomic E-state index is 0.456. The number of aromatic nitrogens is 1. The summed E-state index contributed by atoms with van der Waals surface area (Å²) in [6.45, 7) is 4.35. The van der Waals surface area contributed by atoms with Gasteiger partial charge in [-0.25, -0.2) is 0 Å². The normalized spacial score (nSPS) is 21.0. The molecule has 0 spiro atoms. The fourth-order valence-electron chi connectivity index (χ4n) is 2.61. The zero-order chi connectivity index (χ0) is 12.5. The number of nitrogens with zero attached hydrogens (tertiary/aromatic N) is 3. The van der Waals surface area contributed by atoms with E-state index in [2.05, 4.69) is 14.8 Å². The Bertz CT molecular complexity index is 450. The lowest BCUT2D eigenvalue weighted by Crippen LogP contribution is -2.47. The number of rotatable bonds is 3. The van der Waals surface area contributed by atoms with E-state index in [0.717, 1.165) is 43.5 Å². The van der Waals surface area contributed by atoms with Gasteiger partial charge in [0.2, 0.25) is 0 Å². The van der Waals surface area contributed by atoms with Crippen molar-refractivity contribution in [2.45, 2.75) is 18.9 Å². The van der Waals surface area contributed by atoms with Crippen LogP contribution in [0.25, 0.3) is 0 Å². The third kappa shape index (κ3) is 2.33. The quantitative estimate of drug-likeness (QED) is 0.823. The Morgan fingerprint density at radius 2 is 2.00 bits per heavy atom. The standard InChI is InChI=1S/C13H18N4S/c14-13(18)11-3-4-15-9-12(11)17-7-5-16(6-8-17)10-1-2-10/h3-4,9-10H,1-2,5-8H2,(H2,14,18). The minimum atomic E-state index is 0.456. The first-order chi connectivity index (χ1) is 8.75. The number of anilines is 1. The average Bonchev–Trinajstić information content (AvgIpc) is 3.23. The van der Waals surface area contributed by atoms with Crippen molar-refractivity contribution >= 4 is 22.9 Å². The molecule has 1 aliphatic heterocycles. The SMILES string of the molecule is NC(=S)c1ccncc1N1CCN(C2CC2)CC1. The van der Waals surface area contributed by atoms with E-state index in [9.17, 15) is 0 Å². The van der Waals surface area contributed by atoms with Crippen molar-refractivity contribution in [3.8, 4) is 0 Å². The molecule has 1 aromatic rings. The first kappa shape index (κ1) is 11.9. The van der Waals surface area contributed by atoms with E-state index in [4.69, 9.17) is 18.0 Å². The van der Waals surface area contributed by atoms with Gasteiger partial charge in [-0.2, -0.15) is 0 Å². The average molecular weight is 262 g/mol. The summed E-state index contributed by atoms with van der Waals surface area (Å²) >= 11 is 5.11. The molecule has 5 heteroatoms. The lowest BCUT2D eigenvalue weighted by atomic mass is 10.2. The summed E-state index contributed by atoms with van der Waals surface area (Å²) in [4.78, 5) is 9.59. The van der Waals surface area contributed by atoms with Gasteiger partial charge in [-0.3, -0.25) is 9.88 Å². The molecular formula is C13H18N4S. The maximum absolute atomic E-state index is 5.77. The molecular weight excluding hydrogens is 244 g/mol. The van der Waals surface area contributed by atoms with Crippen LogP contribution in [-0.2, 0) is 0 Å². The van der Waals surface area contributed by atoms with Crippen LogP contribution in [-0.4, -0.2) is 47.1 Å². The third-order valence-corrected chi connectivity index (χ3v) is 4.00. The number of hydrogen-bond donors (Lipinski definition) is 1. The number of piperazine rings is 1. The summed E-state index contributed by atoms with van der Waals surface area (Å²) in [7, 11) is 0. The van der Waals surface area contributed by atoms with E-state index >= 15 is 0 Å². The predicted molar refractivity (Wildman–Crippen MR) is 76.9 cm³/mol. The largest absolute Gasteiger partial charge is 0.389 e. The maximum atomic E-state index is 5.77. The molecule has 2 aliphatic rings. The number of hydrogen-bond acceptors (Lipinski definition) is 4. The molecule has 1 aromatic heterocycles. The maximum Gasteiger partial charge on any atom is 0.106 e. The molecule has 0 bridgehead atoms. The summed E-state index contributed by atoms with van der Waals surface area (Å²) in [5, 5.41) is 0. The summed E-state index contributed by atoms with van der Waals surface area (Å²) < 4.78 is 0. The highest BCUT2D eigenvalue weighted by molar-refractivity contribution is 7.80. The minimum Gasteiger partial charge on any atom is -0.389 e. The Kier molecular flexibility index (Phi) is 3.18. The second kappa shape index (κ2) is 4.82. The summed E-state index contributed by atoms with van der Waals surface area (Å²) in [5.74, 6) is 0. The lowest BCUT2D eigenvalue weighted by molar-refractivity contribution is 0.248. The molecule has 0 atom stereocenters. The van der Waals surface area contributed by atoms with Crippen LogP contribution in [0.4, 0.5) is 5.69 Å². The highest BCUT2D eigenvalue weighted by Crippen LogP contribution is 2.29. The smallest absolute Gasteiger partial charge is 0.106 e. The number of pyridine rings is 1. The van der Waals surface area contributed by atoms with E-state index < -0.39 is 0 Å². The van der Waals surface area contributed by atoms with Crippen LogP contribution >= 0.6 is 12.2 Å². The predicted octanol–water partition coefficient (Wildman–Crippen LogP) is 1.00. The van der Waals surface area contributed by atoms with Gasteiger partial charge in [-0.1, -0.05) is 12.2 Å². The number of nitrogens with two attached hydrogens (primary N) is 1. The van der Waals surface area contributed by atoms with Gasteiger partial charge >= 0.3 is 0 Å². The van der Waals surface area contributed by atoms with Crippen molar-refractivity contribution in [2.24, 2.45) is 5.73 Å². The van der Waals surface area contributed by atoms with Crippen LogP contribution in [0, 0.1) is 0 Å². The first-order valence-corrected chi connectivity index (χ1v) is 6.89. The van der Waals surface area contributed by atoms with Gasteiger partial charge in [-0.05, 0) is 18.9 Å². The molecule has 96 valence electrons. The summed E-state index contributed by atoms with van der Waals surface area (Å²) in [5.41, 5.74) is 7.80. The number of thiocarbonyl (C=S) groups is 1. The molecule has 0 aromatic carbocycles. The van der Waals surface area contributed by atoms with Crippen LogP contribution in [0.15, 0.2) is 18.5 Å². The van der Waals surface area contributed by atoms with Gasteiger partial charge in [0.05, 0.1) is 11.9 Å². The molecule has 0 unspecified atom stereocenters. The van der Waals surface area contributed by atoms with Crippen LogP contribution in [0.2, 0.25) is 0 Å². The van der Waals surface area contributed by atoms with E-state index in [0.29, 0.717) is 4.99 Å². The lowest BCUT2D eigenvalue weighted by Gasteiger charge is -2.36. The van der Waals surface area contributed by atoms with Gasteiger partial charge < -0.3 is 10.6 Å². The molecule has 1 aliphatic carbocycles. The zero-order valence-corrected chi connectivity index (χ0v) is 11.2.